The number of benzene rings is 2. The van der Waals surface area contributed by atoms with Crippen LogP contribution in [0, 0.1) is 11.3 Å². The first-order valence-electron chi connectivity index (χ1n) is 6.88. The Bertz CT molecular complexity index is 771. The van der Waals surface area contributed by atoms with Crippen LogP contribution < -0.4 is 4.52 Å². The predicted octanol–water partition coefficient (Wildman–Crippen LogP) is 4.03. The van der Waals surface area contributed by atoms with E-state index in [9.17, 15) is 9.46 Å². The van der Waals surface area contributed by atoms with Gasteiger partial charge in [-0.3, -0.25) is 0 Å². The molecule has 2 aromatic carbocycles. The Balaban J connectivity index is 2.78. The zero-order valence-electron chi connectivity index (χ0n) is 12.4. The van der Waals surface area contributed by atoms with Crippen LogP contribution in [0.2, 0.25) is 0 Å². The van der Waals surface area contributed by atoms with Crippen molar-refractivity contribution in [1.82, 2.24) is 0 Å². The molecular formula is C16H18NO3P. The number of fused-ring (bicyclic) bond motifs is 1. The van der Waals surface area contributed by atoms with Crippen molar-refractivity contribution in [2.45, 2.75) is 26.7 Å². The van der Waals surface area contributed by atoms with Crippen molar-refractivity contribution < 1.29 is 14.0 Å². The molecule has 110 valence electrons. The van der Waals surface area contributed by atoms with Crippen molar-refractivity contribution in [3.63, 3.8) is 0 Å². The van der Waals surface area contributed by atoms with Gasteiger partial charge in [0, 0.05) is 12.2 Å². The molecule has 0 aliphatic heterocycles. The Labute approximate surface area is 124 Å². The summed E-state index contributed by atoms with van der Waals surface area (Å²) in [5.74, 6) is 0.505. The lowest BCUT2D eigenvalue weighted by atomic mass is 9.95. The fourth-order valence-electron chi connectivity index (χ4n) is 2.49. The van der Waals surface area contributed by atoms with E-state index < -0.39 is 7.60 Å². The van der Waals surface area contributed by atoms with E-state index in [-0.39, 0.29) is 0 Å². The number of aryl methyl sites for hydroxylation is 2. The Morgan fingerprint density at radius 1 is 1.29 bits per heavy atom. The molecule has 0 saturated heterocycles. The molecule has 0 bridgehead atoms. The van der Waals surface area contributed by atoms with Crippen molar-refractivity contribution in [1.29, 1.82) is 5.26 Å². The summed E-state index contributed by atoms with van der Waals surface area (Å²) in [6.07, 6.45) is 1.38. The van der Waals surface area contributed by atoms with Gasteiger partial charge in [-0.05, 0) is 47.4 Å². The molecule has 1 N–H and O–H groups in total. The zero-order valence-corrected chi connectivity index (χ0v) is 13.3. The van der Waals surface area contributed by atoms with Crippen LogP contribution in [0.4, 0.5) is 0 Å². The molecular weight excluding hydrogens is 285 g/mol. The fourth-order valence-corrected chi connectivity index (χ4v) is 3.06. The maximum Gasteiger partial charge on any atom is 0.373 e. The lowest BCUT2D eigenvalue weighted by Gasteiger charge is -2.18. The summed E-state index contributed by atoms with van der Waals surface area (Å²) in [6, 6.07) is 9.52. The van der Waals surface area contributed by atoms with Crippen LogP contribution in [-0.4, -0.2) is 11.6 Å². The van der Waals surface area contributed by atoms with Crippen molar-refractivity contribution in [2.24, 2.45) is 0 Å². The highest BCUT2D eigenvalue weighted by Crippen LogP contribution is 2.44. The van der Waals surface area contributed by atoms with Gasteiger partial charge in [0.1, 0.15) is 5.75 Å². The van der Waals surface area contributed by atoms with Crippen LogP contribution in [0.15, 0.2) is 24.3 Å². The normalized spacial score (nSPS) is 13.7. The van der Waals surface area contributed by atoms with Crippen LogP contribution in [-0.2, 0) is 17.4 Å². The summed E-state index contributed by atoms with van der Waals surface area (Å²) in [4.78, 5) is 9.56. The average molecular weight is 303 g/mol. The molecule has 4 nitrogen and oxygen atoms in total. The maximum absolute atomic E-state index is 11.6. The molecule has 2 aromatic rings. The minimum Gasteiger partial charge on any atom is -0.424 e. The van der Waals surface area contributed by atoms with Gasteiger partial charge in [0.15, 0.2) is 0 Å². The smallest absolute Gasteiger partial charge is 0.373 e. The molecule has 0 saturated carbocycles. The highest BCUT2D eigenvalue weighted by atomic mass is 31.2. The monoisotopic (exact) mass is 303 g/mol. The minimum atomic E-state index is -3.61. The van der Waals surface area contributed by atoms with E-state index in [0.717, 1.165) is 21.9 Å². The van der Waals surface area contributed by atoms with Gasteiger partial charge >= 0.3 is 7.60 Å². The summed E-state index contributed by atoms with van der Waals surface area (Å²) < 4.78 is 17.0. The third-order valence-corrected chi connectivity index (χ3v) is 3.92. The van der Waals surface area contributed by atoms with Crippen LogP contribution in [0.3, 0.4) is 0 Å². The van der Waals surface area contributed by atoms with Crippen LogP contribution >= 0.6 is 7.60 Å². The van der Waals surface area contributed by atoms with E-state index in [1.807, 2.05) is 32.0 Å². The summed E-state index contributed by atoms with van der Waals surface area (Å²) >= 11 is 0. The second-order valence-corrected chi connectivity index (χ2v) is 6.78. The Morgan fingerprint density at radius 3 is 2.52 bits per heavy atom. The van der Waals surface area contributed by atoms with Gasteiger partial charge in [-0.25, -0.2) is 4.57 Å². The molecule has 1 unspecified atom stereocenters. The first kappa shape index (κ1) is 15.6. The first-order valence-corrected chi connectivity index (χ1v) is 8.90. The fraction of sp³-hybridized carbons (Fsp3) is 0.312. The van der Waals surface area contributed by atoms with Crippen molar-refractivity contribution in [2.75, 3.05) is 6.66 Å². The highest BCUT2D eigenvalue weighted by Gasteiger charge is 2.19. The summed E-state index contributed by atoms with van der Waals surface area (Å²) in [6.45, 7) is 5.14. The summed E-state index contributed by atoms with van der Waals surface area (Å²) in [5, 5.41) is 10.9. The van der Waals surface area contributed by atoms with Gasteiger partial charge < -0.3 is 9.42 Å². The Morgan fingerprint density at radius 2 is 2.00 bits per heavy atom. The van der Waals surface area contributed by atoms with Gasteiger partial charge in [-0.2, -0.15) is 5.26 Å². The van der Waals surface area contributed by atoms with E-state index in [1.54, 1.807) is 6.07 Å². The molecule has 0 heterocycles. The molecule has 21 heavy (non-hydrogen) atoms. The Kier molecular flexibility index (Phi) is 4.37. The molecule has 2 rings (SSSR count). The maximum atomic E-state index is 11.6. The molecule has 5 heteroatoms. The van der Waals surface area contributed by atoms with Gasteiger partial charge in [0.05, 0.1) is 11.6 Å². The SMILES string of the molecule is CCc1cc2cc(C#N)ccc2c(CC)c1OP(C)(=O)O. The highest BCUT2D eigenvalue weighted by molar-refractivity contribution is 7.52. The lowest BCUT2D eigenvalue weighted by Crippen LogP contribution is -2.00. The van der Waals surface area contributed by atoms with E-state index in [4.69, 9.17) is 9.79 Å². The zero-order chi connectivity index (χ0) is 15.6. The van der Waals surface area contributed by atoms with E-state index in [2.05, 4.69) is 6.07 Å². The number of rotatable bonds is 4. The van der Waals surface area contributed by atoms with Gasteiger partial charge in [0.2, 0.25) is 0 Å². The van der Waals surface area contributed by atoms with Gasteiger partial charge in [-0.15, -0.1) is 0 Å². The molecule has 0 fully saturated rings. The molecule has 0 aliphatic rings. The van der Waals surface area contributed by atoms with Crippen molar-refractivity contribution in [3.05, 3.63) is 41.0 Å². The number of hydrogen-bond acceptors (Lipinski definition) is 3. The molecule has 0 amide bonds. The van der Waals surface area contributed by atoms with Crippen LogP contribution in [0.5, 0.6) is 5.75 Å². The third kappa shape index (κ3) is 3.26. The largest absolute Gasteiger partial charge is 0.424 e. The first-order chi connectivity index (χ1) is 9.89. The lowest BCUT2D eigenvalue weighted by molar-refractivity contribution is 0.384. The minimum absolute atomic E-state index is 0.505. The van der Waals surface area contributed by atoms with Crippen molar-refractivity contribution in [3.8, 4) is 11.8 Å². The van der Waals surface area contributed by atoms with E-state index >= 15 is 0 Å². The molecule has 0 aliphatic carbocycles. The van der Waals surface area contributed by atoms with Crippen molar-refractivity contribution >= 4 is 18.4 Å². The molecule has 1 atom stereocenters. The number of hydrogen-bond donors (Lipinski definition) is 1. The van der Waals surface area contributed by atoms with Gasteiger partial charge in [0.25, 0.3) is 0 Å². The van der Waals surface area contributed by atoms with E-state index in [1.165, 1.54) is 6.66 Å². The molecule has 0 radical (unpaired) electrons. The average Bonchev–Trinajstić information content (AvgIpc) is 2.44. The van der Waals surface area contributed by atoms with Gasteiger partial charge in [-0.1, -0.05) is 19.9 Å². The second kappa shape index (κ2) is 5.89. The van der Waals surface area contributed by atoms with E-state index in [0.29, 0.717) is 24.2 Å². The topological polar surface area (TPSA) is 70.3 Å². The molecule has 0 aromatic heterocycles. The number of nitriles is 1. The summed E-state index contributed by atoms with van der Waals surface area (Å²) in [7, 11) is -3.61. The Hall–Kier alpha value is -1.82. The second-order valence-electron chi connectivity index (χ2n) is 4.99. The molecule has 0 spiro atoms. The van der Waals surface area contributed by atoms with Crippen LogP contribution in [0.1, 0.15) is 30.5 Å². The van der Waals surface area contributed by atoms with Crippen LogP contribution in [0.25, 0.3) is 10.8 Å². The predicted molar refractivity (Wildman–Crippen MR) is 83.8 cm³/mol. The number of nitrogens with zero attached hydrogens (tertiary/aromatic N) is 1. The standard InChI is InChI=1S/C16H18NO3P/c1-4-12-9-13-8-11(10-17)6-7-15(13)14(5-2)16(12)20-21(3,18)19/h6-9H,4-5H2,1-3H3,(H,18,19). The quantitative estimate of drug-likeness (QED) is 0.866. The third-order valence-electron chi connectivity index (χ3n) is 3.40. The summed E-state index contributed by atoms with van der Waals surface area (Å²) in [5.41, 5.74) is 2.39.